The fourth-order valence-corrected chi connectivity index (χ4v) is 3.19. The number of ketones is 1. The van der Waals surface area contributed by atoms with Gasteiger partial charge in [-0.1, -0.05) is 17.7 Å². The average Bonchev–Trinajstić information content (AvgIpc) is 2.75. The molecule has 31 heavy (non-hydrogen) atoms. The maximum absolute atomic E-state index is 15.1. The van der Waals surface area contributed by atoms with Crippen molar-refractivity contribution in [1.82, 2.24) is 9.97 Å². The highest BCUT2D eigenvalue weighted by atomic mass is 35.5. The molecule has 154 valence electrons. The van der Waals surface area contributed by atoms with E-state index in [0.717, 1.165) is 6.07 Å². The number of halogens is 3. The maximum Gasteiger partial charge on any atom is 0.323 e. The zero-order chi connectivity index (χ0) is 22.0. The van der Waals surface area contributed by atoms with Crippen LogP contribution >= 0.6 is 11.6 Å². The van der Waals surface area contributed by atoms with Crippen LogP contribution in [0.15, 0.2) is 67.0 Å². The van der Waals surface area contributed by atoms with Crippen molar-refractivity contribution in [1.29, 1.82) is 0 Å². The summed E-state index contributed by atoms with van der Waals surface area (Å²) in [6.07, 6.45) is 3.00. The van der Waals surface area contributed by atoms with Gasteiger partial charge in [0.2, 0.25) is 0 Å². The number of amides is 2. The smallest absolute Gasteiger partial charge is 0.308 e. The molecule has 3 aromatic carbocycles. The van der Waals surface area contributed by atoms with E-state index in [4.69, 9.17) is 11.6 Å². The van der Waals surface area contributed by atoms with Gasteiger partial charge in [-0.25, -0.2) is 13.6 Å². The summed E-state index contributed by atoms with van der Waals surface area (Å²) < 4.78 is 28.4. The van der Waals surface area contributed by atoms with E-state index in [-0.39, 0.29) is 22.0 Å². The molecule has 0 unspecified atom stereocenters. The third-order valence-corrected chi connectivity index (χ3v) is 4.70. The lowest BCUT2D eigenvalue weighted by Gasteiger charge is -2.12. The molecule has 0 fully saturated rings. The normalized spacial score (nSPS) is 10.7. The van der Waals surface area contributed by atoms with E-state index in [2.05, 4.69) is 20.6 Å². The van der Waals surface area contributed by atoms with Crippen LogP contribution in [0.2, 0.25) is 5.02 Å². The van der Waals surface area contributed by atoms with Gasteiger partial charge in [0.1, 0.15) is 5.82 Å². The third kappa shape index (κ3) is 4.34. The SMILES string of the molecule is O=C(Nc1cccc(F)c1)Nc1ccc(Cl)c(C(=O)c2ccc3nccnc3c2)c1F. The number of carbonyl (C=O) groups excluding carboxylic acids is 2. The highest BCUT2D eigenvalue weighted by Gasteiger charge is 2.22. The van der Waals surface area contributed by atoms with Crippen molar-refractivity contribution in [3.8, 4) is 0 Å². The monoisotopic (exact) mass is 438 g/mol. The minimum atomic E-state index is -0.994. The number of nitrogens with zero attached hydrogens (tertiary/aromatic N) is 2. The van der Waals surface area contributed by atoms with E-state index in [1.165, 1.54) is 54.9 Å². The van der Waals surface area contributed by atoms with Gasteiger partial charge < -0.3 is 10.6 Å². The van der Waals surface area contributed by atoms with Gasteiger partial charge in [0.15, 0.2) is 11.6 Å². The summed E-state index contributed by atoms with van der Waals surface area (Å²) in [6.45, 7) is 0. The minimum absolute atomic E-state index is 0.113. The van der Waals surface area contributed by atoms with Crippen molar-refractivity contribution < 1.29 is 18.4 Å². The van der Waals surface area contributed by atoms with Gasteiger partial charge in [-0.2, -0.15) is 0 Å². The molecule has 2 N–H and O–H groups in total. The Kier molecular flexibility index (Phi) is 5.55. The van der Waals surface area contributed by atoms with E-state index < -0.39 is 29.0 Å². The molecule has 1 aromatic heterocycles. The first kappa shape index (κ1) is 20.4. The van der Waals surface area contributed by atoms with Crippen LogP contribution in [0, 0.1) is 11.6 Å². The average molecular weight is 439 g/mol. The molecule has 1 heterocycles. The first-order valence-electron chi connectivity index (χ1n) is 8.99. The second kappa shape index (κ2) is 8.45. The fraction of sp³-hybridized carbons (Fsp3) is 0. The molecule has 4 rings (SSSR count). The van der Waals surface area contributed by atoms with Crippen molar-refractivity contribution in [2.45, 2.75) is 0 Å². The molecule has 0 saturated carbocycles. The number of benzene rings is 3. The number of anilines is 2. The van der Waals surface area contributed by atoms with Crippen LogP contribution in [0.4, 0.5) is 25.0 Å². The zero-order valence-electron chi connectivity index (χ0n) is 15.7. The van der Waals surface area contributed by atoms with E-state index in [9.17, 15) is 14.0 Å². The summed E-state index contributed by atoms with van der Waals surface area (Å²) >= 11 is 6.09. The standard InChI is InChI=1S/C22H13ClF2N4O2/c23-15-5-7-17(29-22(31)28-14-3-1-2-13(24)11-14)20(25)19(15)21(30)12-4-6-16-18(10-12)27-9-8-26-16/h1-11H,(H2,28,29,31). The second-order valence-corrected chi connectivity index (χ2v) is 6.87. The molecule has 0 saturated heterocycles. The summed E-state index contributed by atoms with van der Waals surface area (Å²) in [5.74, 6) is -2.21. The van der Waals surface area contributed by atoms with E-state index in [1.807, 2.05) is 0 Å². The largest absolute Gasteiger partial charge is 0.323 e. The Morgan fingerprint density at radius 3 is 2.42 bits per heavy atom. The highest BCUT2D eigenvalue weighted by molar-refractivity contribution is 6.35. The number of urea groups is 1. The Balaban J connectivity index is 1.62. The van der Waals surface area contributed by atoms with Gasteiger partial charge in [0, 0.05) is 23.6 Å². The van der Waals surface area contributed by atoms with E-state index in [1.54, 1.807) is 6.07 Å². The van der Waals surface area contributed by atoms with Crippen LogP contribution in [0.5, 0.6) is 0 Å². The van der Waals surface area contributed by atoms with Crippen LogP contribution < -0.4 is 10.6 Å². The molecule has 0 atom stereocenters. The zero-order valence-corrected chi connectivity index (χ0v) is 16.5. The predicted molar refractivity (Wildman–Crippen MR) is 113 cm³/mol. The molecule has 4 aromatic rings. The summed E-state index contributed by atoms with van der Waals surface area (Å²) in [4.78, 5) is 33.4. The van der Waals surface area contributed by atoms with Crippen LogP contribution in [0.1, 0.15) is 15.9 Å². The molecule has 9 heteroatoms. The Hall–Kier alpha value is -3.91. The Morgan fingerprint density at radius 1 is 0.871 bits per heavy atom. The molecule has 0 radical (unpaired) electrons. The lowest BCUT2D eigenvalue weighted by Crippen LogP contribution is -2.21. The lowest BCUT2D eigenvalue weighted by molar-refractivity contribution is 0.103. The second-order valence-electron chi connectivity index (χ2n) is 6.46. The van der Waals surface area contributed by atoms with Crippen molar-refractivity contribution in [2.24, 2.45) is 0 Å². The number of rotatable bonds is 4. The maximum atomic E-state index is 15.1. The van der Waals surface area contributed by atoms with Crippen LogP contribution in [0.25, 0.3) is 11.0 Å². The van der Waals surface area contributed by atoms with Crippen LogP contribution in [-0.4, -0.2) is 21.8 Å². The lowest BCUT2D eigenvalue weighted by atomic mass is 10.0. The molecule has 0 spiro atoms. The summed E-state index contributed by atoms with van der Waals surface area (Å²) in [6, 6.07) is 11.5. The first-order chi connectivity index (χ1) is 14.9. The summed E-state index contributed by atoms with van der Waals surface area (Å²) in [7, 11) is 0. The number of hydrogen-bond acceptors (Lipinski definition) is 4. The Morgan fingerprint density at radius 2 is 1.65 bits per heavy atom. The summed E-state index contributed by atoms with van der Waals surface area (Å²) in [5, 5.41) is 4.57. The Labute approximate surface area is 179 Å². The topological polar surface area (TPSA) is 84.0 Å². The minimum Gasteiger partial charge on any atom is -0.308 e. The van der Waals surface area contributed by atoms with Crippen molar-refractivity contribution in [2.75, 3.05) is 10.6 Å². The van der Waals surface area contributed by atoms with Crippen molar-refractivity contribution in [3.05, 3.63) is 94.8 Å². The third-order valence-electron chi connectivity index (χ3n) is 4.38. The predicted octanol–water partition coefficient (Wildman–Crippen LogP) is 5.44. The van der Waals surface area contributed by atoms with E-state index >= 15 is 4.39 Å². The number of fused-ring (bicyclic) bond motifs is 1. The van der Waals surface area contributed by atoms with Crippen molar-refractivity contribution in [3.63, 3.8) is 0 Å². The fourth-order valence-electron chi connectivity index (χ4n) is 2.96. The number of nitrogens with one attached hydrogen (secondary N) is 2. The van der Waals surface area contributed by atoms with Crippen LogP contribution in [0.3, 0.4) is 0 Å². The molecule has 2 amide bonds. The molecule has 0 aliphatic heterocycles. The molecular formula is C22H13ClF2N4O2. The quantitative estimate of drug-likeness (QED) is 0.416. The summed E-state index contributed by atoms with van der Waals surface area (Å²) in [5.41, 5.74) is 0.731. The first-order valence-corrected chi connectivity index (χ1v) is 9.37. The van der Waals surface area contributed by atoms with Crippen LogP contribution in [-0.2, 0) is 0 Å². The molecule has 0 bridgehead atoms. The highest BCUT2D eigenvalue weighted by Crippen LogP contribution is 2.29. The molecule has 6 nitrogen and oxygen atoms in total. The molecule has 0 aliphatic rings. The number of hydrogen-bond donors (Lipinski definition) is 2. The van der Waals surface area contributed by atoms with Gasteiger partial charge in [0.05, 0.1) is 27.3 Å². The van der Waals surface area contributed by atoms with Gasteiger partial charge in [-0.3, -0.25) is 14.8 Å². The Bertz CT molecular complexity index is 1330. The van der Waals surface area contributed by atoms with Crippen molar-refractivity contribution >= 4 is 45.8 Å². The van der Waals surface area contributed by atoms with E-state index in [0.29, 0.717) is 11.0 Å². The number of aromatic nitrogens is 2. The van der Waals surface area contributed by atoms with Gasteiger partial charge in [0.25, 0.3) is 0 Å². The van der Waals surface area contributed by atoms with Gasteiger partial charge in [-0.05, 0) is 48.5 Å². The van der Waals surface area contributed by atoms with Gasteiger partial charge >= 0.3 is 6.03 Å². The molecule has 0 aliphatic carbocycles. The molecular weight excluding hydrogens is 426 g/mol. The number of carbonyl (C=O) groups is 2. The van der Waals surface area contributed by atoms with Gasteiger partial charge in [-0.15, -0.1) is 0 Å².